The first-order valence-electron chi connectivity index (χ1n) is 3.92. The van der Waals surface area contributed by atoms with Gasteiger partial charge in [-0.15, -0.1) is 0 Å². The summed E-state index contributed by atoms with van der Waals surface area (Å²) in [6.45, 7) is 1.94. The van der Waals surface area contributed by atoms with E-state index in [2.05, 4.69) is 9.97 Å². The second-order valence-electron chi connectivity index (χ2n) is 2.92. The zero-order valence-corrected chi connectivity index (χ0v) is 7.16. The molecule has 0 bridgehead atoms. The highest BCUT2D eigenvalue weighted by Crippen LogP contribution is 2.17. The average Bonchev–Trinajstić information content (AvgIpc) is 2.53. The van der Waals surface area contributed by atoms with Gasteiger partial charge in [0, 0.05) is 0 Å². The van der Waals surface area contributed by atoms with Crippen LogP contribution in [0.25, 0.3) is 11.0 Å². The molecule has 0 radical (unpaired) electrons. The lowest BCUT2D eigenvalue weighted by Crippen LogP contribution is -2.11. The molecule has 2 aromatic rings. The summed E-state index contributed by atoms with van der Waals surface area (Å²) >= 11 is 0. The number of hydrogen-bond acceptors (Lipinski definition) is 2. The van der Waals surface area contributed by atoms with E-state index in [-0.39, 0.29) is 0 Å². The quantitative estimate of drug-likeness (QED) is 0.677. The Morgan fingerprint density at radius 1 is 1.54 bits per heavy atom. The van der Waals surface area contributed by atoms with Crippen LogP contribution in [-0.2, 0) is 0 Å². The van der Waals surface area contributed by atoms with Crippen molar-refractivity contribution in [1.82, 2.24) is 9.97 Å². The van der Waals surface area contributed by atoms with E-state index >= 15 is 0 Å². The Balaban J connectivity index is 2.86. The molecule has 3 N–H and O–H groups in total. The van der Waals surface area contributed by atoms with Gasteiger partial charge in [0.1, 0.15) is 0 Å². The highest BCUT2D eigenvalue weighted by Gasteiger charge is 2.09. The van der Waals surface area contributed by atoms with Gasteiger partial charge in [-0.1, -0.05) is 6.07 Å². The molecule has 1 amide bonds. The monoisotopic (exact) mass is 175 g/mol. The van der Waals surface area contributed by atoms with Gasteiger partial charge in [-0.05, 0) is 18.6 Å². The number of hydrogen-bond donors (Lipinski definition) is 2. The van der Waals surface area contributed by atoms with Crippen molar-refractivity contribution in [3.8, 4) is 0 Å². The van der Waals surface area contributed by atoms with E-state index in [9.17, 15) is 4.79 Å². The van der Waals surface area contributed by atoms with Gasteiger partial charge in [0.05, 0.1) is 22.9 Å². The van der Waals surface area contributed by atoms with Crippen molar-refractivity contribution in [2.75, 3.05) is 0 Å². The van der Waals surface area contributed by atoms with Gasteiger partial charge in [0.25, 0.3) is 5.91 Å². The van der Waals surface area contributed by atoms with Crippen molar-refractivity contribution in [2.24, 2.45) is 5.73 Å². The maximum atomic E-state index is 11.0. The predicted octanol–water partition coefficient (Wildman–Crippen LogP) is 0.970. The smallest absolute Gasteiger partial charge is 0.250 e. The molecule has 4 heteroatoms. The average molecular weight is 175 g/mol. The summed E-state index contributed by atoms with van der Waals surface area (Å²) in [5.41, 5.74) is 8.23. The number of aromatic amines is 1. The van der Waals surface area contributed by atoms with Gasteiger partial charge in [0.2, 0.25) is 0 Å². The van der Waals surface area contributed by atoms with Gasteiger partial charge in [0.15, 0.2) is 0 Å². The second-order valence-corrected chi connectivity index (χ2v) is 2.92. The summed E-state index contributed by atoms with van der Waals surface area (Å²) in [6, 6.07) is 3.54. The second kappa shape index (κ2) is 2.58. The minimum Gasteiger partial charge on any atom is -0.366 e. The molecule has 0 saturated carbocycles. The number of aromatic nitrogens is 2. The number of fused-ring (bicyclic) bond motifs is 1. The third kappa shape index (κ3) is 1.07. The first-order valence-corrected chi connectivity index (χ1v) is 3.92. The van der Waals surface area contributed by atoms with Crippen molar-refractivity contribution in [1.29, 1.82) is 0 Å². The van der Waals surface area contributed by atoms with E-state index in [4.69, 9.17) is 5.73 Å². The number of nitrogens with two attached hydrogens (primary N) is 1. The Morgan fingerprint density at radius 3 is 3.00 bits per heavy atom. The number of H-pyrrole nitrogens is 1. The summed E-state index contributed by atoms with van der Waals surface area (Å²) < 4.78 is 0. The molecule has 0 unspecified atom stereocenters. The molecule has 0 atom stereocenters. The van der Waals surface area contributed by atoms with Crippen molar-refractivity contribution in [3.63, 3.8) is 0 Å². The van der Waals surface area contributed by atoms with Crippen LogP contribution in [0.15, 0.2) is 18.5 Å². The van der Waals surface area contributed by atoms with Crippen molar-refractivity contribution in [2.45, 2.75) is 6.92 Å². The Labute approximate surface area is 74.8 Å². The first-order chi connectivity index (χ1) is 6.20. The minimum atomic E-state index is -0.436. The summed E-state index contributed by atoms with van der Waals surface area (Å²) in [6.07, 6.45) is 1.56. The molecule has 66 valence electrons. The van der Waals surface area contributed by atoms with Crippen LogP contribution in [0.5, 0.6) is 0 Å². The van der Waals surface area contributed by atoms with E-state index in [1.807, 2.05) is 13.0 Å². The molecule has 1 aromatic carbocycles. The molecule has 0 spiro atoms. The molecule has 0 fully saturated rings. The summed E-state index contributed by atoms with van der Waals surface area (Å²) in [7, 11) is 0. The molecular weight excluding hydrogens is 166 g/mol. The Bertz CT molecular complexity index is 473. The number of carbonyl (C=O) groups is 1. The number of imidazole rings is 1. The van der Waals surface area contributed by atoms with Gasteiger partial charge >= 0.3 is 0 Å². The molecule has 0 aliphatic rings. The number of primary amides is 1. The Kier molecular flexibility index (Phi) is 1.55. The van der Waals surface area contributed by atoms with Crippen LogP contribution >= 0.6 is 0 Å². The van der Waals surface area contributed by atoms with Crippen LogP contribution in [0.3, 0.4) is 0 Å². The maximum Gasteiger partial charge on any atom is 0.250 e. The van der Waals surface area contributed by atoms with Gasteiger partial charge < -0.3 is 10.7 Å². The molecule has 0 aliphatic carbocycles. The fraction of sp³-hybridized carbons (Fsp3) is 0.111. The molecule has 1 aromatic heterocycles. The number of benzene rings is 1. The number of nitrogens with zero attached hydrogens (tertiary/aromatic N) is 1. The Hall–Kier alpha value is -1.84. The van der Waals surface area contributed by atoms with Gasteiger partial charge in [-0.2, -0.15) is 0 Å². The highest BCUT2D eigenvalue weighted by atomic mass is 16.1. The lowest BCUT2D eigenvalue weighted by molar-refractivity contribution is 0.100. The molecule has 0 aliphatic heterocycles. The van der Waals surface area contributed by atoms with E-state index in [1.54, 1.807) is 12.4 Å². The zero-order valence-electron chi connectivity index (χ0n) is 7.16. The number of carbonyl (C=O) groups excluding carboxylic acids is 1. The van der Waals surface area contributed by atoms with Crippen molar-refractivity contribution in [3.05, 3.63) is 29.6 Å². The summed E-state index contributed by atoms with van der Waals surface area (Å²) in [5.74, 6) is -0.436. The number of nitrogens with one attached hydrogen (secondary N) is 1. The highest BCUT2D eigenvalue weighted by molar-refractivity contribution is 6.04. The van der Waals surface area contributed by atoms with Crippen LogP contribution in [-0.4, -0.2) is 15.9 Å². The summed E-state index contributed by atoms with van der Waals surface area (Å²) in [4.78, 5) is 18.0. The predicted molar refractivity (Wildman–Crippen MR) is 49.3 cm³/mol. The Morgan fingerprint density at radius 2 is 2.31 bits per heavy atom. The largest absolute Gasteiger partial charge is 0.366 e. The number of rotatable bonds is 1. The molecule has 4 nitrogen and oxygen atoms in total. The minimum absolute atomic E-state index is 0.436. The van der Waals surface area contributed by atoms with E-state index in [0.717, 1.165) is 11.1 Å². The van der Waals surface area contributed by atoms with E-state index in [0.29, 0.717) is 11.1 Å². The fourth-order valence-corrected chi connectivity index (χ4v) is 1.37. The van der Waals surface area contributed by atoms with Crippen LogP contribution in [0.2, 0.25) is 0 Å². The standard InChI is InChI=1S/C9H9N3O/c1-5-2-3-6(9(10)13)8-7(5)11-4-12-8/h2-4H,1H3,(H2,10,13)(H,11,12). The first kappa shape index (κ1) is 7.79. The van der Waals surface area contributed by atoms with Crippen LogP contribution in [0.4, 0.5) is 0 Å². The van der Waals surface area contributed by atoms with Crippen LogP contribution in [0, 0.1) is 6.92 Å². The number of aryl methyl sites for hydroxylation is 1. The van der Waals surface area contributed by atoms with E-state index in [1.165, 1.54) is 0 Å². The van der Waals surface area contributed by atoms with Gasteiger partial charge in [-0.25, -0.2) is 4.98 Å². The van der Waals surface area contributed by atoms with Crippen LogP contribution in [0.1, 0.15) is 15.9 Å². The van der Waals surface area contributed by atoms with Crippen LogP contribution < -0.4 is 5.73 Å². The SMILES string of the molecule is Cc1ccc(C(N)=O)c2[nH]cnc12. The molecular formula is C9H9N3O. The molecule has 13 heavy (non-hydrogen) atoms. The zero-order chi connectivity index (χ0) is 9.42. The molecule has 2 rings (SSSR count). The van der Waals surface area contributed by atoms with E-state index < -0.39 is 5.91 Å². The third-order valence-electron chi connectivity index (χ3n) is 2.05. The molecule has 0 saturated heterocycles. The summed E-state index contributed by atoms with van der Waals surface area (Å²) in [5, 5.41) is 0. The third-order valence-corrected chi connectivity index (χ3v) is 2.05. The van der Waals surface area contributed by atoms with Crippen molar-refractivity contribution < 1.29 is 4.79 Å². The molecule has 1 heterocycles. The lowest BCUT2D eigenvalue weighted by atomic mass is 10.1. The normalized spacial score (nSPS) is 10.5. The topological polar surface area (TPSA) is 71.8 Å². The maximum absolute atomic E-state index is 11.0. The van der Waals surface area contributed by atoms with Crippen molar-refractivity contribution >= 4 is 16.9 Å². The fourth-order valence-electron chi connectivity index (χ4n) is 1.37. The van der Waals surface area contributed by atoms with Gasteiger partial charge in [-0.3, -0.25) is 4.79 Å². The number of amides is 1. The lowest BCUT2D eigenvalue weighted by Gasteiger charge is -1.99.